The van der Waals surface area contributed by atoms with Crippen molar-refractivity contribution in [2.45, 2.75) is 18.5 Å². The first kappa shape index (κ1) is 7.40. The second-order valence-electron chi connectivity index (χ2n) is 1.87. The summed E-state index contributed by atoms with van der Waals surface area (Å²) in [6.07, 6.45) is 2.62. The number of hydrogen-bond acceptors (Lipinski definition) is 4. The smallest absolute Gasteiger partial charge is 0.209 e. The van der Waals surface area contributed by atoms with E-state index in [2.05, 4.69) is 17.1 Å². The van der Waals surface area contributed by atoms with Gasteiger partial charge in [-0.05, 0) is 6.42 Å². The molecule has 0 saturated heterocycles. The summed E-state index contributed by atoms with van der Waals surface area (Å²) >= 11 is 1.62. The molecule has 0 saturated carbocycles. The molecule has 2 N–H and O–H groups in total. The van der Waals surface area contributed by atoms with Gasteiger partial charge < -0.3 is 5.84 Å². The molecule has 0 amide bonds. The average molecular weight is 158 g/mol. The molecule has 4 nitrogen and oxygen atoms in total. The Morgan fingerprint density at radius 2 is 2.60 bits per heavy atom. The summed E-state index contributed by atoms with van der Waals surface area (Å²) in [5, 5.41) is 8.23. The van der Waals surface area contributed by atoms with E-state index in [-0.39, 0.29) is 0 Å². The van der Waals surface area contributed by atoms with E-state index in [0.29, 0.717) is 0 Å². The monoisotopic (exact) mass is 158 g/mol. The Morgan fingerprint density at radius 3 is 3.10 bits per heavy atom. The third-order valence-electron chi connectivity index (χ3n) is 0.975. The van der Waals surface area contributed by atoms with Crippen LogP contribution in [0, 0.1) is 0 Å². The van der Waals surface area contributed by atoms with Crippen molar-refractivity contribution < 1.29 is 0 Å². The zero-order chi connectivity index (χ0) is 7.40. The van der Waals surface area contributed by atoms with Gasteiger partial charge in [0.2, 0.25) is 5.16 Å². The van der Waals surface area contributed by atoms with E-state index in [4.69, 9.17) is 5.84 Å². The van der Waals surface area contributed by atoms with Crippen molar-refractivity contribution in [2.75, 3.05) is 11.6 Å². The van der Waals surface area contributed by atoms with E-state index in [1.807, 2.05) is 0 Å². The molecule has 1 aromatic rings. The Bertz CT molecular complexity index is 197. The first-order valence-electron chi connectivity index (χ1n) is 3.12. The number of aromatic nitrogens is 3. The van der Waals surface area contributed by atoms with Crippen molar-refractivity contribution in [3.63, 3.8) is 0 Å². The summed E-state index contributed by atoms with van der Waals surface area (Å²) in [5.74, 6) is 6.49. The van der Waals surface area contributed by atoms with Crippen molar-refractivity contribution in [1.29, 1.82) is 0 Å². The van der Waals surface area contributed by atoms with Gasteiger partial charge in [0.1, 0.15) is 6.33 Å². The van der Waals surface area contributed by atoms with E-state index in [1.54, 1.807) is 11.8 Å². The van der Waals surface area contributed by atoms with Crippen molar-refractivity contribution in [2.24, 2.45) is 0 Å². The van der Waals surface area contributed by atoms with Gasteiger partial charge in [0.15, 0.2) is 0 Å². The third kappa shape index (κ3) is 1.63. The zero-order valence-corrected chi connectivity index (χ0v) is 6.64. The Morgan fingerprint density at radius 1 is 1.80 bits per heavy atom. The van der Waals surface area contributed by atoms with Crippen LogP contribution >= 0.6 is 11.8 Å². The first-order chi connectivity index (χ1) is 4.84. The highest BCUT2D eigenvalue weighted by molar-refractivity contribution is 7.99. The number of rotatable bonds is 3. The molecule has 0 unspecified atom stereocenters. The summed E-state index contributed by atoms with van der Waals surface area (Å²) in [7, 11) is 0. The Balaban J connectivity index is 2.49. The normalized spacial score (nSPS) is 10.1. The van der Waals surface area contributed by atoms with Crippen LogP contribution in [0.15, 0.2) is 11.5 Å². The maximum atomic E-state index is 5.45. The molecule has 0 aromatic carbocycles. The standard InChI is InChI=1S/C5H10N4S/c1-2-3-10-5-8-7-4-9(5)6/h4H,2-3,6H2,1H3. The predicted octanol–water partition coefficient (Wildman–Crippen LogP) is 0.494. The van der Waals surface area contributed by atoms with Gasteiger partial charge in [-0.3, -0.25) is 0 Å². The molecular weight excluding hydrogens is 148 g/mol. The highest BCUT2D eigenvalue weighted by atomic mass is 32.2. The molecule has 10 heavy (non-hydrogen) atoms. The number of thioether (sulfide) groups is 1. The molecule has 0 radical (unpaired) electrons. The SMILES string of the molecule is CCCSc1nncn1N. The minimum atomic E-state index is 0.779. The number of nitrogens with zero attached hydrogens (tertiary/aromatic N) is 3. The molecule has 0 fully saturated rings. The molecule has 0 aliphatic rings. The fourth-order valence-electron chi connectivity index (χ4n) is 0.529. The van der Waals surface area contributed by atoms with Gasteiger partial charge >= 0.3 is 0 Å². The van der Waals surface area contributed by atoms with Crippen molar-refractivity contribution in [3.8, 4) is 0 Å². The van der Waals surface area contributed by atoms with Crippen LogP contribution in [0.5, 0.6) is 0 Å². The van der Waals surface area contributed by atoms with Crippen LogP contribution in [0.4, 0.5) is 0 Å². The van der Waals surface area contributed by atoms with E-state index in [0.717, 1.165) is 17.3 Å². The van der Waals surface area contributed by atoms with Gasteiger partial charge in [0.05, 0.1) is 0 Å². The largest absolute Gasteiger partial charge is 0.336 e. The highest BCUT2D eigenvalue weighted by Crippen LogP contribution is 2.12. The summed E-state index contributed by atoms with van der Waals surface area (Å²) in [4.78, 5) is 0. The lowest BCUT2D eigenvalue weighted by Gasteiger charge is -1.95. The zero-order valence-electron chi connectivity index (χ0n) is 5.82. The number of hydrogen-bond donors (Lipinski definition) is 1. The van der Waals surface area contributed by atoms with Gasteiger partial charge in [0.25, 0.3) is 0 Å². The second-order valence-corrected chi connectivity index (χ2v) is 2.93. The molecular formula is C5H10N4S. The molecule has 0 aliphatic heterocycles. The summed E-state index contributed by atoms with van der Waals surface area (Å²) < 4.78 is 1.43. The highest BCUT2D eigenvalue weighted by Gasteiger charge is 1.98. The lowest BCUT2D eigenvalue weighted by Crippen LogP contribution is -2.07. The molecule has 0 bridgehead atoms. The quantitative estimate of drug-likeness (QED) is 0.514. The average Bonchev–Trinajstić information content (AvgIpc) is 2.31. The van der Waals surface area contributed by atoms with E-state index in [9.17, 15) is 0 Å². The maximum Gasteiger partial charge on any atom is 0.209 e. The summed E-state index contributed by atoms with van der Waals surface area (Å²) in [5.41, 5.74) is 0. The van der Waals surface area contributed by atoms with Gasteiger partial charge in [-0.25, -0.2) is 4.68 Å². The Hall–Kier alpha value is -0.710. The van der Waals surface area contributed by atoms with Crippen LogP contribution in [-0.4, -0.2) is 20.6 Å². The molecule has 1 aromatic heterocycles. The third-order valence-corrected chi connectivity index (χ3v) is 2.14. The van der Waals surface area contributed by atoms with Crippen LogP contribution < -0.4 is 5.84 Å². The predicted molar refractivity (Wildman–Crippen MR) is 41.2 cm³/mol. The lowest BCUT2D eigenvalue weighted by molar-refractivity contribution is 0.844. The van der Waals surface area contributed by atoms with Crippen molar-refractivity contribution in [3.05, 3.63) is 6.33 Å². The van der Waals surface area contributed by atoms with Gasteiger partial charge in [0, 0.05) is 5.75 Å². The molecule has 5 heteroatoms. The van der Waals surface area contributed by atoms with Crippen LogP contribution in [0.3, 0.4) is 0 Å². The molecule has 0 aliphatic carbocycles. The molecule has 1 heterocycles. The van der Waals surface area contributed by atoms with E-state index < -0.39 is 0 Å². The van der Waals surface area contributed by atoms with Gasteiger partial charge in [-0.2, -0.15) is 0 Å². The number of nitrogens with two attached hydrogens (primary N) is 1. The summed E-state index contributed by atoms with van der Waals surface area (Å²) in [6, 6.07) is 0. The fourth-order valence-corrected chi connectivity index (χ4v) is 1.22. The topological polar surface area (TPSA) is 56.7 Å². The molecule has 0 spiro atoms. The molecule has 1 rings (SSSR count). The van der Waals surface area contributed by atoms with Crippen molar-refractivity contribution in [1.82, 2.24) is 14.9 Å². The van der Waals surface area contributed by atoms with E-state index >= 15 is 0 Å². The van der Waals surface area contributed by atoms with E-state index in [1.165, 1.54) is 11.0 Å². The minimum Gasteiger partial charge on any atom is -0.336 e. The lowest BCUT2D eigenvalue weighted by atomic mass is 10.6. The number of nitrogen functional groups attached to an aromatic ring is 1. The second kappa shape index (κ2) is 3.46. The van der Waals surface area contributed by atoms with Crippen LogP contribution in [0.2, 0.25) is 0 Å². The minimum absolute atomic E-state index is 0.779. The fraction of sp³-hybridized carbons (Fsp3) is 0.600. The van der Waals surface area contributed by atoms with Gasteiger partial charge in [-0.15, -0.1) is 10.2 Å². The Kier molecular flexibility index (Phi) is 2.56. The van der Waals surface area contributed by atoms with Crippen LogP contribution in [0.25, 0.3) is 0 Å². The Labute approximate surface area is 63.8 Å². The summed E-state index contributed by atoms with van der Waals surface area (Å²) in [6.45, 7) is 2.12. The first-order valence-corrected chi connectivity index (χ1v) is 4.11. The van der Waals surface area contributed by atoms with Gasteiger partial charge in [-0.1, -0.05) is 18.7 Å². The maximum absolute atomic E-state index is 5.45. The van der Waals surface area contributed by atoms with Crippen LogP contribution in [-0.2, 0) is 0 Å². The molecule has 56 valence electrons. The molecule has 0 atom stereocenters. The van der Waals surface area contributed by atoms with Crippen LogP contribution in [0.1, 0.15) is 13.3 Å². The van der Waals surface area contributed by atoms with Crippen molar-refractivity contribution >= 4 is 11.8 Å².